The van der Waals surface area contributed by atoms with Crippen LogP contribution in [-0.4, -0.2) is 26.6 Å². The van der Waals surface area contributed by atoms with E-state index in [0.29, 0.717) is 23.5 Å². The molecule has 0 aromatic rings. The van der Waals surface area contributed by atoms with E-state index in [-0.39, 0.29) is 0 Å². The van der Waals surface area contributed by atoms with Crippen LogP contribution >= 0.6 is 0 Å². The second-order valence-electron chi connectivity index (χ2n) is 6.01. The third-order valence-electron chi connectivity index (χ3n) is 3.77. The van der Waals surface area contributed by atoms with Crippen molar-refractivity contribution in [1.29, 1.82) is 0 Å². The van der Waals surface area contributed by atoms with E-state index in [1.165, 1.54) is 0 Å². The molecule has 0 saturated heterocycles. The molecule has 1 aliphatic rings. The highest BCUT2D eigenvalue weighted by Gasteiger charge is 2.41. The van der Waals surface area contributed by atoms with Gasteiger partial charge in [-0.05, 0) is 36.4 Å². The van der Waals surface area contributed by atoms with Gasteiger partial charge in [-0.2, -0.15) is 0 Å². The van der Waals surface area contributed by atoms with Crippen LogP contribution in [0.25, 0.3) is 0 Å². The zero-order valence-electron chi connectivity index (χ0n) is 10.1. The maximum atomic E-state index is 8.92. The van der Waals surface area contributed by atoms with Gasteiger partial charge < -0.3 is 9.53 Å². The fourth-order valence-electron chi connectivity index (χ4n) is 1.27. The largest absolute Gasteiger partial charge is 0.417 e. The van der Waals surface area contributed by atoms with Crippen LogP contribution in [0, 0.1) is 11.8 Å². The predicted molar refractivity (Wildman–Crippen MR) is 61.8 cm³/mol. The zero-order chi connectivity index (χ0) is 11.0. The van der Waals surface area contributed by atoms with Gasteiger partial charge in [0.1, 0.15) is 0 Å². The maximum Gasteiger partial charge on any atom is 0.191 e. The lowest BCUT2D eigenvalue weighted by atomic mass is 10.2. The van der Waals surface area contributed by atoms with Crippen molar-refractivity contribution in [3.63, 3.8) is 0 Å². The van der Waals surface area contributed by atoms with E-state index in [2.05, 4.69) is 33.9 Å². The second kappa shape index (κ2) is 3.95. The molecular formula is C11H24O2Si. The van der Waals surface area contributed by atoms with Crippen molar-refractivity contribution in [2.75, 3.05) is 13.2 Å². The molecule has 1 N–H and O–H groups in total. The van der Waals surface area contributed by atoms with Gasteiger partial charge in [-0.25, -0.2) is 0 Å². The summed E-state index contributed by atoms with van der Waals surface area (Å²) < 4.78 is 6.08. The Morgan fingerprint density at radius 1 is 1.29 bits per heavy atom. The van der Waals surface area contributed by atoms with Crippen LogP contribution in [0.1, 0.15) is 27.2 Å². The van der Waals surface area contributed by atoms with Gasteiger partial charge in [0, 0.05) is 13.2 Å². The van der Waals surface area contributed by atoms with Crippen molar-refractivity contribution in [1.82, 2.24) is 0 Å². The second-order valence-corrected chi connectivity index (χ2v) is 10.8. The van der Waals surface area contributed by atoms with Crippen LogP contribution in [0.2, 0.25) is 18.1 Å². The van der Waals surface area contributed by atoms with Gasteiger partial charge in [0.2, 0.25) is 0 Å². The summed E-state index contributed by atoms with van der Waals surface area (Å²) in [4.78, 5) is 0. The minimum Gasteiger partial charge on any atom is -0.417 e. The van der Waals surface area contributed by atoms with E-state index in [0.717, 1.165) is 13.0 Å². The Labute approximate surface area is 88.8 Å². The maximum absolute atomic E-state index is 8.92. The normalized spacial score (nSPS) is 27.9. The smallest absolute Gasteiger partial charge is 0.191 e. The standard InChI is InChI=1S/C11H24O2Si/c1-11(2,3)14(4,5)13-8-10-6-9(10)7-12/h9-10,12H,6-8H2,1-5H3/t9-,10+/m1/s1. The van der Waals surface area contributed by atoms with Gasteiger partial charge in [0.15, 0.2) is 8.32 Å². The summed E-state index contributed by atoms with van der Waals surface area (Å²) in [5.41, 5.74) is 0. The summed E-state index contributed by atoms with van der Waals surface area (Å²) in [5.74, 6) is 1.16. The predicted octanol–water partition coefficient (Wildman–Crippen LogP) is 2.64. The molecule has 0 spiro atoms. The first-order valence-electron chi connectivity index (χ1n) is 5.53. The van der Waals surface area contributed by atoms with E-state index < -0.39 is 8.32 Å². The number of hydrogen-bond donors (Lipinski definition) is 1. The molecule has 0 aromatic carbocycles. The number of hydrogen-bond acceptors (Lipinski definition) is 2. The number of rotatable bonds is 4. The average Bonchev–Trinajstić information content (AvgIpc) is 2.77. The molecule has 0 unspecified atom stereocenters. The number of aliphatic hydroxyl groups excluding tert-OH is 1. The highest BCUT2D eigenvalue weighted by molar-refractivity contribution is 6.74. The van der Waals surface area contributed by atoms with Crippen molar-refractivity contribution in [3.05, 3.63) is 0 Å². The fraction of sp³-hybridized carbons (Fsp3) is 1.00. The quantitative estimate of drug-likeness (QED) is 0.732. The summed E-state index contributed by atoms with van der Waals surface area (Å²) in [6.07, 6.45) is 1.16. The molecule has 1 saturated carbocycles. The minimum absolute atomic E-state index is 0.302. The molecule has 0 heterocycles. The van der Waals surface area contributed by atoms with E-state index in [1.54, 1.807) is 0 Å². The van der Waals surface area contributed by atoms with Crippen molar-refractivity contribution < 1.29 is 9.53 Å². The Kier molecular flexibility index (Phi) is 3.44. The molecule has 0 amide bonds. The summed E-state index contributed by atoms with van der Waals surface area (Å²) in [7, 11) is -1.55. The Morgan fingerprint density at radius 2 is 1.86 bits per heavy atom. The monoisotopic (exact) mass is 216 g/mol. The van der Waals surface area contributed by atoms with Crippen molar-refractivity contribution >= 4 is 8.32 Å². The molecule has 84 valence electrons. The van der Waals surface area contributed by atoms with Gasteiger partial charge in [0.25, 0.3) is 0 Å². The van der Waals surface area contributed by atoms with Gasteiger partial charge in [0.05, 0.1) is 0 Å². The molecule has 1 rings (SSSR count). The van der Waals surface area contributed by atoms with Gasteiger partial charge in [-0.15, -0.1) is 0 Å². The first-order valence-corrected chi connectivity index (χ1v) is 8.43. The van der Waals surface area contributed by atoms with Crippen molar-refractivity contribution in [2.45, 2.75) is 45.3 Å². The van der Waals surface area contributed by atoms with Crippen LogP contribution < -0.4 is 0 Å². The van der Waals surface area contributed by atoms with Crippen LogP contribution in [0.4, 0.5) is 0 Å². The molecule has 1 aliphatic carbocycles. The molecule has 3 heteroatoms. The summed E-state index contributed by atoms with van der Waals surface area (Å²) in [6, 6.07) is 0. The molecule has 0 bridgehead atoms. The molecule has 2 atom stereocenters. The van der Waals surface area contributed by atoms with Crippen LogP contribution in [0.15, 0.2) is 0 Å². The van der Waals surface area contributed by atoms with Gasteiger partial charge >= 0.3 is 0 Å². The van der Waals surface area contributed by atoms with E-state index in [4.69, 9.17) is 9.53 Å². The Morgan fingerprint density at radius 3 is 2.21 bits per heavy atom. The zero-order valence-corrected chi connectivity index (χ0v) is 11.1. The van der Waals surface area contributed by atoms with Crippen molar-refractivity contribution in [2.24, 2.45) is 11.8 Å². The Hall–Kier alpha value is 0.137. The molecular weight excluding hydrogens is 192 g/mol. The molecule has 14 heavy (non-hydrogen) atoms. The van der Waals surface area contributed by atoms with Crippen LogP contribution in [0.5, 0.6) is 0 Å². The minimum atomic E-state index is -1.55. The molecule has 0 aromatic heterocycles. The van der Waals surface area contributed by atoms with E-state index >= 15 is 0 Å². The molecule has 1 fully saturated rings. The average molecular weight is 216 g/mol. The lowest BCUT2D eigenvalue weighted by Crippen LogP contribution is -2.41. The topological polar surface area (TPSA) is 29.5 Å². The Bertz CT molecular complexity index is 196. The van der Waals surface area contributed by atoms with E-state index in [1.807, 2.05) is 0 Å². The summed E-state index contributed by atoms with van der Waals surface area (Å²) in [5, 5.41) is 9.22. The summed E-state index contributed by atoms with van der Waals surface area (Å²) >= 11 is 0. The Balaban J connectivity index is 2.31. The SMILES string of the molecule is CC(C)(C)[Si](C)(C)OC[C@@H]1C[C@@H]1CO. The van der Waals surface area contributed by atoms with Crippen molar-refractivity contribution in [3.8, 4) is 0 Å². The third-order valence-corrected chi connectivity index (χ3v) is 8.27. The lowest BCUT2D eigenvalue weighted by Gasteiger charge is -2.36. The first-order chi connectivity index (χ1) is 6.28. The van der Waals surface area contributed by atoms with Crippen LogP contribution in [0.3, 0.4) is 0 Å². The van der Waals surface area contributed by atoms with Gasteiger partial charge in [-0.1, -0.05) is 20.8 Å². The van der Waals surface area contributed by atoms with Crippen LogP contribution in [-0.2, 0) is 4.43 Å². The molecule has 0 radical (unpaired) electrons. The number of aliphatic hydroxyl groups is 1. The fourth-order valence-corrected chi connectivity index (χ4v) is 2.33. The molecule has 2 nitrogen and oxygen atoms in total. The third kappa shape index (κ3) is 2.81. The molecule has 0 aliphatic heterocycles. The van der Waals surface area contributed by atoms with Gasteiger partial charge in [-0.3, -0.25) is 0 Å². The lowest BCUT2D eigenvalue weighted by molar-refractivity contribution is 0.232. The first kappa shape index (κ1) is 12.2. The summed E-state index contributed by atoms with van der Waals surface area (Å²) in [6.45, 7) is 12.5. The van der Waals surface area contributed by atoms with E-state index in [9.17, 15) is 0 Å². The highest BCUT2D eigenvalue weighted by atomic mass is 28.4. The highest BCUT2D eigenvalue weighted by Crippen LogP contribution is 2.41.